The van der Waals surface area contributed by atoms with Gasteiger partial charge in [0.15, 0.2) is 0 Å². The molecule has 2 rings (SSSR count). The molecule has 0 amide bonds. The monoisotopic (exact) mass is 245 g/mol. The van der Waals surface area contributed by atoms with E-state index in [4.69, 9.17) is 14.7 Å². The first-order chi connectivity index (χ1) is 8.79. The first-order valence-corrected chi connectivity index (χ1v) is 6.44. The number of hydrogen-bond acceptors (Lipinski definition) is 3. The fraction of sp³-hybridized carbons (Fsp3) is 0.533. The molecule has 0 unspecified atom stereocenters. The Labute approximate surface area is 108 Å². The number of rotatable bonds is 4. The third-order valence-corrected chi connectivity index (χ3v) is 3.42. The van der Waals surface area contributed by atoms with E-state index in [2.05, 4.69) is 6.07 Å². The Morgan fingerprint density at radius 3 is 2.83 bits per heavy atom. The van der Waals surface area contributed by atoms with E-state index in [0.29, 0.717) is 18.1 Å². The smallest absolute Gasteiger partial charge is 0.0991 e. The largest absolute Gasteiger partial charge is 0.381 e. The molecule has 0 saturated carbocycles. The summed E-state index contributed by atoms with van der Waals surface area (Å²) in [6.45, 7) is 5.19. The van der Waals surface area contributed by atoms with Crippen molar-refractivity contribution in [3.63, 3.8) is 0 Å². The van der Waals surface area contributed by atoms with Gasteiger partial charge in [0, 0.05) is 13.2 Å². The van der Waals surface area contributed by atoms with Crippen molar-refractivity contribution in [1.29, 1.82) is 5.26 Å². The predicted molar refractivity (Wildman–Crippen MR) is 69.1 cm³/mol. The molecule has 0 bridgehead atoms. The van der Waals surface area contributed by atoms with Gasteiger partial charge in [-0.05, 0) is 48.9 Å². The minimum absolute atomic E-state index is 0.634. The van der Waals surface area contributed by atoms with E-state index in [0.717, 1.165) is 38.2 Å². The zero-order chi connectivity index (χ0) is 12.8. The van der Waals surface area contributed by atoms with Crippen molar-refractivity contribution in [2.45, 2.75) is 26.4 Å². The Balaban J connectivity index is 1.81. The fourth-order valence-corrected chi connectivity index (χ4v) is 2.18. The molecule has 1 aromatic rings. The van der Waals surface area contributed by atoms with Crippen LogP contribution in [0.4, 0.5) is 0 Å². The van der Waals surface area contributed by atoms with Gasteiger partial charge < -0.3 is 9.47 Å². The average molecular weight is 245 g/mol. The quantitative estimate of drug-likeness (QED) is 0.819. The van der Waals surface area contributed by atoms with Gasteiger partial charge in [0.2, 0.25) is 0 Å². The van der Waals surface area contributed by atoms with Crippen LogP contribution in [0.1, 0.15) is 29.5 Å². The summed E-state index contributed by atoms with van der Waals surface area (Å²) in [5, 5.41) is 8.81. The van der Waals surface area contributed by atoms with Crippen molar-refractivity contribution in [1.82, 2.24) is 0 Å². The van der Waals surface area contributed by atoms with Gasteiger partial charge in [0.05, 0.1) is 24.8 Å². The van der Waals surface area contributed by atoms with Gasteiger partial charge in [-0.2, -0.15) is 5.26 Å². The Morgan fingerprint density at radius 2 is 2.17 bits per heavy atom. The van der Waals surface area contributed by atoms with Crippen LogP contribution in [-0.4, -0.2) is 19.8 Å². The lowest BCUT2D eigenvalue weighted by atomic mass is 10.0. The second-order valence-electron chi connectivity index (χ2n) is 4.82. The van der Waals surface area contributed by atoms with Crippen LogP contribution in [0, 0.1) is 24.2 Å². The zero-order valence-electron chi connectivity index (χ0n) is 10.8. The minimum atomic E-state index is 0.634. The van der Waals surface area contributed by atoms with Crippen LogP contribution in [0.15, 0.2) is 18.2 Å². The summed E-state index contributed by atoms with van der Waals surface area (Å²) in [6, 6.07) is 7.89. The van der Waals surface area contributed by atoms with Crippen LogP contribution in [0.25, 0.3) is 0 Å². The summed E-state index contributed by atoms with van der Waals surface area (Å²) in [5.74, 6) is 0.637. The van der Waals surface area contributed by atoms with E-state index in [-0.39, 0.29) is 0 Å². The Hall–Kier alpha value is -1.37. The fourth-order valence-electron chi connectivity index (χ4n) is 2.18. The number of ether oxygens (including phenoxy) is 2. The molecule has 1 aliphatic heterocycles. The Kier molecular flexibility index (Phi) is 4.74. The summed E-state index contributed by atoms with van der Waals surface area (Å²) in [6.07, 6.45) is 2.21. The van der Waals surface area contributed by atoms with Gasteiger partial charge >= 0.3 is 0 Å². The van der Waals surface area contributed by atoms with Gasteiger partial charge in [-0.25, -0.2) is 0 Å². The third-order valence-electron chi connectivity index (χ3n) is 3.42. The van der Waals surface area contributed by atoms with Crippen LogP contribution in [0.5, 0.6) is 0 Å². The predicted octanol–water partition coefficient (Wildman–Crippen LogP) is 2.81. The van der Waals surface area contributed by atoms with Gasteiger partial charge in [0.1, 0.15) is 0 Å². The SMILES string of the molecule is Cc1cc(C#N)ccc1COCC1CCOCC1. The lowest BCUT2D eigenvalue weighted by Gasteiger charge is -2.21. The molecule has 0 radical (unpaired) electrons. The van der Waals surface area contributed by atoms with Crippen LogP contribution in [0.2, 0.25) is 0 Å². The first kappa shape index (κ1) is 13.1. The number of aryl methyl sites for hydroxylation is 1. The van der Waals surface area contributed by atoms with Crippen molar-refractivity contribution in [2.75, 3.05) is 19.8 Å². The molecule has 0 aromatic heterocycles. The molecule has 1 aliphatic rings. The van der Waals surface area contributed by atoms with Crippen molar-refractivity contribution in [3.8, 4) is 6.07 Å². The molecule has 18 heavy (non-hydrogen) atoms. The van der Waals surface area contributed by atoms with Gasteiger partial charge in [-0.1, -0.05) is 6.07 Å². The average Bonchev–Trinajstić information content (AvgIpc) is 2.42. The molecule has 3 nitrogen and oxygen atoms in total. The third kappa shape index (κ3) is 3.56. The van der Waals surface area contributed by atoms with E-state index in [9.17, 15) is 0 Å². The van der Waals surface area contributed by atoms with Crippen molar-refractivity contribution >= 4 is 0 Å². The second kappa shape index (κ2) is 6.53. The molecular formula is C15H19NO2. The summed E-state index contributed by atoms with van der Waals surface area (Å²) >= 11 is 0. The molecule has 0 atom stereocenters. The highest BCUT2D eigenvalue weighted by Gasteiger charge is 2.13. The van der Waals surface area contributed by atoms with Gasteiger partial charge in [0.25, 0.3) is 0 Å². The normalized spacial score (nSPS) is 16.4. The summed E-state index contributed by atoms with van der Waals surface area (Å²) < 4.78 is 11.1. The second-order valence-corrected chi connectivity index (χ2v) is 4.82. The first-order valence-electron chi connectivity index (χ1n) is 6.44. The van der Waals surface area contributed by atoms with Crippen LogP contribution < -0.4 is 0 Å². The summed E-state index contributed by atoms with van der Waals surface area (Å²) in [7, 11) is 0. The topological polar surface area (TPSA) is 42.2 Å². The molecule has 96 valence electrons. The Bertz CT molecular complexity index is 431. The maximum atomic E-state index is 8.81. The van der Waals surface area contributed by atoms with E-state index in [1.165, 1.54) is 5.56 Å². The molecule has 1 saturated heterocycles. The summed E-state index contributed by atoms with van der Waals surface area (Å²) in [4.78, 5) is 0. The van der Waals surface area contributed by atoms with E-state index < -0.39 is 0 Å². The van der Waals surface area contributed by atoms with E-state index >= 15 is 0 Å². The number of nitrogens with zero attached hydrogens (tertiary/aromatic N) is 1. The maximum absolute atomic E-state index is 8.81. The van der Waals surface area contributed by atoms with Crippen LogP contribution in [-0.2, 0) is 16.1 Å². The zero-order valence-corrected chi connectivity index (χ0v) is 10.8. The van der Waals surface area contributed by atoms with Crippen LogP contribution in [0.3, 0.4) is 0 Å². The highest BCUT2D eigenvalue weighted by atomic mass is 16.5. The van der Waals surface area contributed by atoms with Crippen molar-refractivity contribution < 1.29 is 9.47 Å². The van der Waals surface area contributed by atoms with Gasteiger partial charge in [-0.15, -0.1) is 0 Å². The van der Waals surface area contributed by atoms with Crippen molar-refractivity contribution in [2.24, 2.45) is 5.92 Å². The van der Waals surface area contributed by atoms with E-state index in [1.807, 2.05) is 25.1 Å². The standard InChI is InChI=1S/C15H19NO2/c1-12-8-14(9-16)2-3-15(12)11-18-10-13-4-6-17-7-5-13/h2-3,8,13H,4-7,10-11H2,1H3. The number of benzene rings is 1. The molecule has 0 spiro atoms. The van der Waals surface area contributed by atoms with E-state index in [1.54, 1.807) is 0 Å². The van der Waals surface area contributed by atoms with Crippen molar-refractivity contribution in [3.05, 3.63) is 34.9 Å². The highest BCUT2D eigenvalue weighted by molar-refractivity contribution is 5.37. The lowest BCUT2D eigenvalue weighted by molar-refractivity contribution is 0.0156. The number of hydrogen-bond donors (Lipinski definition) is 0. The van der Waals surface area contributed by atoms with Gasteiger partial charge in [-0.3, -0.25) is 0 Å². The van der Waals surface area contributed by atoms with Crippen LogP contribution >= 0.6 is 0 Å². The molecular weight excluding hydrogens is 226 g/mol. The highest BCUT2D eigenvalue weighted by Crippen LogP contribution is 2.17. The Morgan fingerprint density at radius 1 is 1.39 bits per heavy atom. The lowest BCUT2D eigenvalue weighted by Crippen LogP contribution is -2.20. The molecule has 0 aliphatic carbocycles. The molecule has 1 fully saturated rings. The molecule has 0 N–H and O–H groups in total. The molecule has 1 aromatic carbocycles. The minimum Gasteiger partial charge on any atom is -0.381 e. The molecule has 3 heteroatoms. The number of nitriles is 1. The maximum Gasteiger partial charge on any atom is 0.0991 e. The summed E-state index contributed by atoms with van der Waals surface area (Å²) in [5.41, 5.74) is 3.00. The molecule has 1 heterocycles.